The Morgan fingerprint density at radius 2 is 2.33 bits per heavy atom. The van der Waals surface area contributed by atoms with Crippen LogP contribution in [0.3, 0.4) is 0 Å². The van der Waals surface area contributed by atoms with Crippen LogP contribution in [0.5, 0.6) is 0 Å². The Hall–Kier alpha value is -0.870. The summed E-state index contributed by atoms with van der Waals surface area (Å²) in [5.41, 5.74) is 1.52. The van der Waals surface area contributed by atoms with Crippen molar-refractivity contribution in [2.24, 2.45) is 0 Å². The molecule has 4 nitrogen and oxygen atoms in total. The van der Waals surface area contributed by atoms with Crippen LogP contribution >= 0.6 is 23.5 Å². The molecule has 0 radical (unpaired) electrons. The number of carbonyl (C=O) groups excluding carboxylic acids is 1. The average molecular weight is 207 g/mol. The number of nitrogens with zero attached hydrogens (tertiary/aromatic N) is 2. The van der Waals surface area contributed by atoms with Gasteiger partial charge < -0.3 is 4.29 Å². The van der Waals surface area contributed by atoms with E-state index in [1.165, 1.54) is 11.3 Å². The lowest BCUT2D eigenvalue weighted by molar-refractivity contribution is 0.230. The molecule has 0 aliphatic heterocycles. The standard InChI is InChI=1S/C5H4N2.CCl2O2/c1-4-2-6-3-7-5(1)4;2-1(4)5-3/h2-3H,1H2;. The summed E-state index contributed by atoms with van der Waals surface area (Å²) >= 11 is 8.82. The van der Waals surface area contributed by atoms with Crippen LogP contribution in [0.25, 0.3) is 0 Å². The molecule has 0 spiro atoms. The first-order chi connectivity index (χ1) is 5.74. The molecule has 2 rings (SSSR count). The predicted molar refractivity (Wildman–Crippen MR) is 43.0 cm³/mol. The second-order valence-electron chi connectivity index (χ2n) is 1.99. The minimum atomic E-state index is -1.01. The molecule has 0 saturated heterocycles. The minimum Gasteiger partial charge on any atom is -0.334 e. The van der Waals surface area contributed by atoms with E-state index in [4.69, 9.17) is 0 Å². The predicted octanol–water partition coefficient (Wildman–Crippen LogP) is 1.90. The number of hydrogen-bond donors (Lipinski definition) is 0. The lowest BCUT2D eigenvalue weighted by atomic mass is 10.7. The number of aromatic nitrogens is 2. The maximum Gasteiger partial charge on any atom is 0.421 e. The molecule has 0 unspecified atom stereocenters. The fourth-order valence-electron chi connectivity index (χ4n) is 0.611. The molecule has 6 heteroatoms. The highest BCUT2D eigenvalue weighted by Crippen LogP contribution is 2.21. The van der Waals surface area contributed by atoms with Gasteiger partial charge in [0.25, 0.3) is 0 Å². The van der Waals surface area contributed by atoms with E-state index >= 15 is 0 Å². The Labute approximate surface area is 78.7 Å². The van der Waals surface area contributed by atoms with Gasteiger partial charge in [0, 0.05) is 24.2 Å². The van der Waals surface area contributed by atoms with Crippen LogP contribution in [0, 0.1) is 0 Å². The zero-order chi connectivity index (χ0) is 8.97. The first-order valence-electron chi connectivity index (χ1n) is 3.00. The van der Waals surface area contributed by atoms with E-state index in [1.807, 2.05) is 6.20 Å². The van der Waals surface area contributed by atoms with Gasteiger partial charge in [-0.1, -0.05) is 0 Å². The van der Waals surface area contributed by atoms with E-state index in [-0.39, 0.29) is 0 Å². The molecule has 0 amide bonds. The topological polar surface area (TPSA) is 52.1 Å². The van der Waals surface area contributed by atoms with E-state index in [9.17, 15) is 4.79 Å². The summed E-state index contributed by atoms with van der Waals surface area (Å²) < 4.78 is 3.35. The molecule has 0 N–H and O–H groups in total. The largest absolute Gasteiger partial charge is 0.421 e. The van der Waals surface area contributed by atoms with Crippen molar-refractivity contribution in [2.75, 3.05) is 0 Å². The molecule has 12 heavy (non-hydrogen) atoms. The van der Waals surface area contributed by atoms with Gasteiger partial charge in [-0.15, -0.1) is 0 Å². The quantitative estimate of drug-likeness (QED) is 0.619. The van der Waals surface area contributed by atoms with E-state index in [1.54, 1.807) is 6.33 Å². The van der Waals surface area contributed by atoms with Crippen molar-refractivity contribution in [3.63, 3.8) is 0 Å². The van der Waals surface area contributed by atoms with Crippen molar-refractivity contribution in [3.05, 3.63) is 23.8 Å². The van der Waals surface area contributed by atoms with E-state index in [0.29, 0.717) is 0 Å². The number of halogens is 2. The van der Waals surface area contributed by atoms with Gasteiger partial charge in [-0.3, -0.25) is 0 Å². The van der Waals surface area contributed by atoms with Gasteiger partial charge in [-0.25, -0.2) is 14.8 Å². The summed E-state index contributed by atoms with van der Waals surface area (Å²) in [5, 5.41) is 0. The molecule has 1 aliphatic rings. The van der Waals surface area contributed by atoms with Gasteiger partial charge >= 0.3 is 5.43 Å². The number of carbonyl (C=O) groups is 1. The van der Waals surface area contributed by atoms with Crippen LogP contribution in [0.4, 0.5) is 4.79 Å². The molecule has 1 aliphatic carbocycles. The van der Waals surface area contributed by atoms with Gasteiger partial charge in [0.05, 0.1) is 5.69 Å². The Kier molecular flexibility index (Phi) is 3.25. The van der Waals surface area contributed by atoms with E-state index in [2.05, 4.69) is 37.7 Å². The summed E-state index contributed by atoms with van der Waals surface area (Å²) in [4.78, 5) is 17.0. The van der Waals surface area contributed by atoms with Gasteiger partial charge in [0.1, 0.15) is 18.2 Å². The third-order valence-corrected chi connectivity index (χ3v) is 1.47. The maximum atomic E-state index is 9.22. The summed E-state index contributed by atoms with van der Waals surface area (Å²) in [6.45, 7) is 0. The maximum absolute atomic E-state index is 9.22. The summed E-state index contributed by atoms with van der Waals surface area (Å²) in [7, 11) is 0. The van der Waals surface area contributed by atoms with Crippen molar-refractivity contribution in [2.45, 2.75) is 6.42 Å². The molecule has 1 aromatic heterocycles. The van der Waals surface area contributed by atoms with Gasteiger partial charge in [-0.05, 0) is 5.56 Å². The summed E-state index contributed by atoms with van der Waals surface area (Å²) in [5.74, 6) is 0. The number of rotatable bonds is 0. The molecule has 0 bridgehead atoms. The molecule has 0 aromatic carbocycles. The van der Waals surface area contributed by atoms with Crippen molar-refractivity contribution >= 4 is 28.9 Å². The second kappa shape index (κ2) is 4.23. The van der Waals surface area contributed by atoms with Crippen LogP contribution in [0.2, 0.25) is 0 Å². The SMILES string of the molecule is O=C(Cl)OCl.c1ncc2c(n1)C2. The summed E-state index contributed by atoms with van der Waals surface area (Å²) in [6.07, 6.45) is 4.52. The van der Waals surface area contributed by atoms with E-state index < -0.39 is 5.43 Å². The fraction of sp³-hybridized carbons (Fsp3) is 0.167. The molecule has 0 atom stereocenters. The van der Waals surface area contributed by atoms with Crippen LogP contribution in [-0.4, -0.2) is 15.4 Å². The van der Waals surface area contributed by atoms with Crippen molar-refractivity contribution in [1.29, 1.82) is 0 Å². The molecule has 0 fully saturated rings. The van der Waals surface area contributed by atoms with Crippen molar-refractivity contribution in [3.8, 4) is 0 Å². The lowest BCUT2D eigenvalue weighted by Crippen LogP contribution is -1.72. The first-order valence-corrected chi connectivity index (χ1v) is 3.68. The second-order valence-corrected chi connectivity index (χ2v) is 2.45. The number of fused-ring (bicyclic) bond motifs is 1. The molecule has 1 heterocycles. The third-order valence-electron chi connectivity index (χ3n) is 1.17. The Morgan fingerprint density at radius 1 is 1.67 bits per heavy atom. The van der Waals surface area contributed by atoms with Gasteiger partial charge in [0.2, 0.25) is 0 Å². The molecule has 64 valence electrons. The highest BCUT2D eigenvalue weighted by molar-refractivity contribution is 6.62. The van der Waals surface area contributed by atoms with Crippen LogP contribution in [0.15, 0.2) is 12.5 Å². The highest BCUT2D eigenvalue weighted by atomic mass is 35.5. The van der Waals surface area contributed by atoms with Crippen LogP contribution in [0.1, 0.15) is 11.3 Å². The number of hydrogen-bond acceptors (Lipinski definition) is 4. The summed E-state index contributed by atoms with van der Waals surface area (Å²) in [6, 6.07) is 0. The van der Waals surface area contributed by atoms with Gasteiger partial charge in [0.15, 0.2) is 0 Å². The van der Waals surface area contributed by atoms with Crippen molar-refractivity contribution < 1.29 is 9.08 Å². The zero-order valence-corrected chi connectivity index (χ0v) is 7.34. The first kappa shape index (κ1) is 9.22. The molecular weight excluding hydrogens is 203 g/mol. The van der Waals surface area contributed by atoms with Crippen LogP contribution < -0.4 is 0 Å². The monoisotopic (exact) mass is 206 g/mol. The molecule has 1 aromatic rings. The van der Waals surface area contributed by atoms with Crippen molar-refractivity contribution in [1.82, 2.24) is 9.97 Å². The Balaban J connectivity index is 0.000000130. The molecule has 0 saturated carbocycles. The normalized spacial score (nSPS) is 10.5. The fourth-order valence-corrected chi connectivity index (χ4v) is 0.611. The third kappa shape index (κ3) is 3.02. The average Bonchev–Trinajstić information content (AvgIpc) is 2.83. The van der Waals surface area contributed by atoms with Crippen LogP contribution in [-0.2, 0) is 10.7 Å². The Bertz CT molecular complexity index is 272. The van der Waals surface area contributed by atoms with E-state index in [0.717, 1.165) is 6.42 Å². The smallest absolute Gasteiger partial charge is 0.334 e. The highest BCUT2D eigenvalue weighted by Gasteiger charge is 2.16. The zero-order valence-electron chi connectivity index (χ0n) is 5.83. The lowest BCUT2D eigenvalue weighted by Gasteiger charge is -1.71. The Morgan fingerprint density at radius 3 is 2.67 bits per heavy atom. The molecular formula is C6H4Cl2N2O2. The minimum absolute atomic E-state index is 1.01. The van der Waals surface area contributed by atoms with Gasteiger partial charge in [-0.2, -0.15) is 0 Å².